The third-order valence-corrected chi connectivity index (χ3v) is 3.31. The van der Waals surface area contributed by atoms with Gasteiger partial charge in [0.05, 0.1) is 22.2 Å². The van der Waals surface area contributed by atoms with Gasteiger partial charge in [-0.1, -0.05) is 34.8 Å². The molecule has 0 aliphatic rings. The van der Waals surface area contributed by atoms with Crippen LogP contribution in [-0.2, 0) is 0 Å². The molecule has 112 valence electrons. The van der Waals surface area contributed by atoms with Crippen LogP contribution in [0.5, 0.6) is 17.8 Å². The minimum Gasteiger partial charge on any atom is -0.467 e. The predicted octanol–water partition coefficient (Wildman–Crippen LogP) is 4.06. The molecule has 21 heavy (non-hydrogen) atoms. The van der Waals surface area contributed by atoms with Gasteiger partial charge >= 0.3 is 12.0 Å². The second-order valence-electron chi connectivity index (χ2n) is 3.76. The zero-order chi connectivity index (χ0) is 15.4. The molecule has 1 N–H and O–H groups in total. The standard InChI is InChI=1S/C12H11Cl3N4O2/c1-3-16-10-17-11(20-2)19-12(18-10)21-9-5-7(14)6(13)4-8(9)15/h4-5H,3H2,1-2H3,(H,16,17,18,19). The maximum absolute atomic E-state index is 6.04. The minimum atomic E-state index is 0.0260. The summed E-state index contributed by atoms with van der Waals surface area (Å²) in [5.41, 5.74) is 0. The van der Waals surface area contributed by atoms with E-state index in [0.29, 0.717) is 22.5 Å². The number of methoxy groups -OCH3 is 1. The normalized spacial score (nSPS) is 10.3. The molecule has 0 amide bonds. The number of nitrogens with one attached hydrogen (secondary N) is 1. The van der Waals surface area contributed by atoms with E-state index in [9.17, 15) is 0 Å². The summed E-state index contributed by atoms with van der Waals surface area (Å²) in [6, 6.07) is 3.10. The summed E-state index contributed by atoms with van der Waals surface area (Å²) in [6.07, 6.45) is 0. The highest BCUT2D eigenvalue weighted by atomic mass is 35.5. The van der Waals surface area contributed by atoms with Gasteiger partial charge in [-0.3, -0.25) is 0 Å². The second kappa shape index (κ2) is 6.98. The van der Waals surface area contributed by atoms with Crippen LogP contribution in [0.2, 0.25) is 15.1 Å². The molecular weight excluding hydrogens is 339 g/mol. The largest absolute Gasteiger partial charge is 0.467 e. The number of benzene rings is 1. The van der Waals surface area contributed by atoms with Crippen LogP contribution in [0.4, 0.5) is 5.95 Å². The Hall–Kier alpha value is -1.50. The van der Waals surface area contributed by atoms with Gasteiger partial charge < -0.3 is 14.8 Å². The van der Waals surface area contributed by atoms with E-state index in [1.807, 2.05) is 6.92 Å². The molecule has 0 spiro atoms. The second-order valence-corrected chi connectivity index (χ2v) is 4.98. The number of aromatic nitrogens is 3. The Bertz CT molecular complexity index is 655. The lowest BCUT2D eigenvalue weighted by molar-refractivity contribution is 0.360. The van der Waals surface area contributed by atoms with Crippen LogP contribution in [0.1, 0.15) is 6.92 Å². The number of halogens is 3. The van der Waals surface area contributed by atoms with Crippen molar-refractivity contribution in [2.75, 3.05) is 19.0 Å². The first-order valence-corrected chi connectivity index (χ1v) is 7.03. The lowest BCUT2D eigenvalue weighted by Gasteiger charge is -2.09. The summed E-state index contributed by atoms with van der Waals surface area (Å²) in [4.78, 5) is 12.1. The molecule has 0 saturated heterocycles. The predicted molar refractivity (Wildman–Crippen MR) is 82.1 cm³/mol. The molecule has 0 atom stereocenters. The van der Waals surface area contributed by atoms with Gasteiger partial charge in [0.2, 0.25) is 5.95 Å². The van der Waals surface area contributed by atoms with Gasteiger partial charge in [-0.15, -0.1) is 4.98 Å². The minimum absolute atomic E-state index is 0.0260. The van der Waals surface area contributed by atoms with Crippen LogP contribution >= 0.6 is 34.8 Å². The number of hydrogen-bond acceptors (Lipinski definition) is 6. The van der Waals surface area contributed by atoms with Gasteiger partial charge in [0, 0.05) is 12.6 Å². The molecule has 0 saturated carbocycles. The van der Waals surface area contributed by atoms with Gasteiger partial charge in [0.25, 0.3) is 0 Å². The lowest BCUT2D eigenvalue weighted by atomic mass is 10.3. The molecule has 0 aliphatic carbocycles. The Balaban J connectivity index is 2.34. The zero-order valence-corrected chi connectivity index (χ0v) is 13.4. The van der Waals surface area contributed by atoms with Crippen molar-refractivity contribution in [3.63, 3.8) is 0 Å². The molecule has 1 aromatic carbocycles. The summed E-state index contributed by atoms with van der Waals surface area (Å²) in [7, 11) is 1.45. The summed E-state index contributed by atoms with van der Waals surface area (Å²) in [5.74, 6) is 0.609. The van der Waals surface area contributed by atoms with E-state index >= 15 is 0 Å². The van der Waals surface area contributed by atoms with Crippen molar-refractivity contribution < 1.29 is 9.47 Å². The number of rotatable bonds is 5. The van der Waals surface area contributed by atoms with Gasteiger partial charge in [-0.2, -0.15) is 9.97 Å². The quantitative estimate of drug-likeness (QED) is 0.821. The fourth-order valence-electron chi connectivity index (χ4n) is 1.39. The Kier molecular flexibility index (Phi) is 5.27. The van der Waals surface area contributed by atoms with E-state index in [1.54, 1.807) is 0 Å². The van der Waals surface area contributed by atoms with Crippen molar-refractivity contribution >= 4 is 40.8 Å². The Labute approximate surface area is 136 Å². The third-order valence-electron chi connectivity index (χ3n) is 2.29. The fourth-order valence-corrected chi connectivity index (χ4v) is 1.97. The van der Waals surface area contributed by atoms with Crippen LogP contribution < -0.4 is 14.8 Å². The summed E-state index contributed by atoms with van der Waals surface area (Å²) >= 11 is 17.8. The SMILES string of the molecule is CCNc1nc(OC)nc(Oc2cc(Cl)c(Cl)cc2Cl)n1. The first kappa shape index (κ1) is 15.9. The first-order valence-electron chi connectivity index (χ1n) is 5.89. The van der Waals surface area contributed by atoms with E-state index in [-0.39, 0.29) is 22.8 Å². The highest BCUT2D eigenvalue weighted by Crippen LogP contribution is 2.35. The highest BCUT2D eigenvalue weighted by Gasteiger charge is 2.12. The maximum atomic E-state index is 6.04. The number of anilines is 1. The Morgan fingerprint density at radius 2 is 1.67 bits per heavy atom. The molecule has 2 rings (SSSR count). The van der Waals surface area contributed by atoms with Gasteiger partial charge in [0.15, 0.2) is 5.75 Å². The van der Waals surface area contributed by atoms with Crippen molar-refractivity contribution in [2.45, 2.75) is 6.92 Å². The molecule has 6 nitrogen and oxygen atoms in total. The van der Waals surface area contributed by atoms with E-state index in [0.717, 1.165) is 0 Å². The van der Waals surface area contributed by atoms with Crippen molar-refractivity contribution in [1.82, 2.24) is 15.0 Å². The number of ether oxygens (including phenoxy) is 2. The Morgan fingerprint density at radius 1 is 1.00 bits per heavy atom. The van der Waals surface area contributed by atoms with E-state index in [4.69, 9.17) is 44.3 Å². The van der Waals surface area contributed by atoms with Gasteiger partial charge in [-0.25, -0.2) is 0 Å². The lowest BCUT2D eigenvalue weighted by Crippen LogP contribution is -2.06. The molecule has 0 fully saturated rings. The summed E-state index contributed by atoms with van der Waals surface area (Å²) < 4.78 is 10.5. The summed E-state index contributed by atoms with van der Waals surface area (Å²) in [5, 5.41) is 3.87. The Morgan fingerprint density at radius 3 is 2.33 bits per heavy atom. The van der Waals surface area contributed by atoms with Crippen molar-refractivity contribution in [3.8, 4) is 17.8 Å². The van der Waals surface area contributed by atoms with Crippen LogP contribution in [0, 0.1) is 0 Å². The van der Waals surface area contributed by atoms with Crippen LogP contribution in [0.15, 0.2) is 12.1 Å². The molecule has 0 radical (unpaired) electrons. The molecule has 0 bridgehead atoms. The topological polar surface area (TPSA) is 69.2 Å². The molecule has 0 aliphatic heterocycles. The average Bonchev–Trinajstić information content (AvgIpc) is 2.45. The van der Waals surface area contributed by atoms with Crippen molar-refractivity contribution in [2.24, 2.45) is 0 Å². The van der Waals surface area contributed by atoms with Gasteiger partial charge in [-0.05, 0) is 13.0 Å². The average molecular weight is 350 g/mol. The monoisotopic (exact) mass is 348 g/mol. The van der Waals surface area contributed by atoms with Crippen LogP contribution in [-0.4, -0.2) is 28.6 Å². The van der Waals surface area contributed by atoms with Crippen molar-refractivity contribution in [1.29, 1.82) is 0 Å². The molecule has 9 heteroatoms. The van der Waals surface area contributed by atoms with Crippen LogP contribution in [0.3, 0.4) is 0 Å². The fraction of sp³-hybridized carbons (Fsp3) is 0.250. The van der Waals surface area contributed by atoms with E-state index in [2.05, 4.69) is 20.3 Å². The highest BCUT2D eigenvalue weighted by molar-refractivity contribution is 6.43. The molecule has 2 aromatic rings. The zero-order valence-electron chi connectivity index (χ0n) is 11.2. The van der Waals surface area contributed by atoms with Crippen molar-refractivity contribution in [3.05, 3.63) is 27.2 Å². The number of nitrogens with zero attached hydrogens (tertiary/aromatic N) is 3. The van der Waals surface area contributed by atoms with Gasteiger partial charge in [0.1, 0.15) is 0 Å². The molecular formula is C12H11Cl3N4O2. The maximum Gasteiger partial charge on any atom is 0.330 e. The third kappa shape index (κ3) is 4.00. The number of hydrogen-bond donors (Lipinski definition) is 1. The summed E-state index contributed by atoms with van der Waals surface area (Å²) in [6.45, 7) is 2.55. The smallest absolute Gasteiger partial charge is 0.330 e. The molecule has 0 unspecified atom stereocenters. The first-order chi connectivity index (χ1) is 10.0. The molecule has 1 heterocycles. The van der Waals surface area contributed by atoms with E-state index < -0.39 is 0 Å². The molecule has 1 aromatic heterocycles. The van der Waals surface area contributed by atoms with E-state index in [1.165, 1.54) is 19.2 Å². The van der Waals surface area contributed by atoms with Crippen LogP contribution in [0.25, 0.3) is 0 Å².